The number of hydrogen-bond donors (Lipinski definition) is 0. The number of nitrogens with zero attached hydrogens (tertiary/aromatic N) is 4. The maximum Gasteiger partial charge on any atom is 0.101 e. The summed E-state index contributed by atoms with van der Waals surface area (Å²) in [4.78, 5) is 9.15. The SMILES string of the molecule is N#Cc1cncc(-c2cccc(-c3ccc4c5ccc(-c6ccccc6)cc5n(-c5ccccc5)c4c3)n2)c1. The maximum absolute atomic E-state index is 9.29. The molecule has 3 aromatic heterocycles. The minimum Gasteiger partial charge on any atom is -0.309 e. The molecule has 182 valence electrons. The number of benzene rings is 4. The van der Waals surface area contributed by atoms with Crippen LogP contribution in [0.25, 0.3) is 61.1 Å². The van der Waals surface area contributed by atoms with Gasteiger partial charge in [-0.05, 0) is 53.6 Å². The molecule has 0 saturated carbocycles. The van der Waals surface area contributed by atoms with E-state index >= 15 is 0 Å². The predicted octanol–water partition coefficient (Wildman–Crippen LogP) is 8.45. The van der Waals surface area contributed by atoms with E-state index in [1.807, 2.05) is 36.4 Å². The standard InChI is InChI=1S/C35H22N4/c36-21-24-18-28(23-37-22-24)33-13-7-12-32(38-33)27-15-17-31-30-16-14-26(25-8-3-1-4-9-25)19-34(30)39(35(31)20-27)29-10-5-2-6-11-29/h1-20,22-23H. The third kappa shape index (κ3) is 4.03. The molecule has 4 aromatic carbocycles. The van der Waals surface area contributed by atoms with E-state index in [9.17, 15) is 5.26 Å². The van der Waals surface area contributed by atoms with Crippen LogP contribution >= 0.6 is 0 Å². The molecule has 0 saturated heterocycles. The topological polar surface area (TPSA) is 54.5 Å². The Morgan fingerprint density at radius 3 is 1.90 bits per heavy atom. The number of fused-ring (bicyclic) bond motifs is 3. The summed E-state index contributed by atoms with van der Waals surface area (Å²) in [5, 5.41) is 11.7. The molecule has 0 aliphatic carbocycles. The van der Waals surface area contributed by atoms with Gasteiger partial charge < -0.3 is 4.57 Å². The van der Waals surface area contributed by atoms with Crippen molar-refractivity contribution < 1.29 is 0 Å². The van der Waals surface area contributed by atoms with Crippen LogP contribution in [-0.4, -0.2) is 14.5 Å². The quantitative estimate of drug-likeness (QED) is 0.245. The molecule has 0 aliphatic heterocycles. The van der Waals surface area contributed by atoms with E-state index in [0.29, 0.717) is 5.56 Å². The lowest BCUT2D eigenvalue weighted by atomic mass is 10.0. The van der Waals surface area contributed by atoms with E-state index in [-0.39, 0.29) is 0 Å². The highest BCUT2D eigenvalue weighted by Crippen LogP contribution is 2.37. The van der Waals surface area contributed by atoms with Gasteiger partial charge in [0.05, 0.1) is 28.0 Å². The number of nitriles is 1. The van der Waals surface area contributed by atoms with Crippen molar-refractivity contribution in [3.63, 3.8) is 0 Å². The van der Waals surface area contributed by atoms with Gasteiger partial charge in [0.25, 0.3) is 0 Å². The summed E-state index contributed by atoms with van der Waals surface area (Å²) in [6.45, 7) is 0. The summed E-state index contributed by atoms with van der Waals surface area (Å²) < 4.78 is 2.34. The van der Waals surface area contributed by atoms with E-state index in [1.165, 1.54) is 21.9 Å². The van der Waals surface area contributed by atoms with Gasteiger partial charge in [0.2, 0.25) is 0 Å². The number of para-hydroxylation sites is 1. The summed E-state index contributed by atoms with van der Waals surface area (Å²) >= 11 is 0. The largest absolute Gasteiger partial charge is 0.309 e. The van der Waals surface area contributed by atoms with Crippen molar-refractivity contribution in [3.05, 3.63) is 139 Å². The molecule has 4 heteroatoms. The van der Waals surface area contributed by atoms with Gasteiger partial charge in [0, 0.05) is 40.0 Å². The van der Waals surface area contributed by atoms with E-state index in [1.54, 1.807) is 12.4 Å². The van der Waals surface area contributed by atoms with Crippen molar-refractivity contribution in [3.8, 4) is 45.4 Å². The van der Waals surface area contributed by atoms with Crippen LogP contribution in [0.1, 0.15) is 5.56 Å². The monoisotopic (exact) mass is 498 g/mol. The fourth-order valence-corrected chi connectivity index (χ4v) is 5.24. The Hall–Kier alpha value is -5.53. The van der Waals surface area contributed by atoms with Gasteiger partial charge >= 0.3 is 0 Å². The molecule has 0 N–H and O–H groups in total. The predicted molar refractivity (Wildman–Crippen MR) is 157 cm³/mol. The van der Waals surface area contributed by atoms with Gasteiger partial charge in [-0.1, -0.05) is 78.9 Å². The first-order chi connectivity index (χ1) is 19.3. The van der Waals surface area contributed by atoms with Crippen molar-refractivity contribution >= 4 is 21.8 Å². The van der Waals surface area contributed by atoms with Gasteiger partial charge in [-0.25, -0.2) is 4.98 Å². The van der Waals surface area contributed by atoms with Crippen LogP contribution in [0.3, 0.4) is 0 Å². The fourth-order valence-electron chi connectivity index (χ4n) is 5.24. The highest BCUT2D eigenvalue weighted by molar-refractivity contribution is 6.11. The zero-order valence-corrected chi connectivity index (χ0v) is 21.0. The Bertz CT molecular complexity index is 2020. The molecule has 0 unspecified atom stereocenters. The van der Waals surface area contributed by atoms with Gasteiger partial charge in [0.1, 0.15) is 6.07 Å². The van der Waals surface area contributed by atoms with Gasteiger partial charge in [-0.3, -0.25) is 4.98 Å². The average molecular weight is 499 g/mol. The van der Waals surface area contributed by atoms with E-state index < -0.39 is 0 Å². The minimum absolute atomic E-state index is 0.517. The molecular formula is C35H22N4. The molecule has 0 fully saturated rings. The molecule has 3 heterocycles. The number of aromatic nitrogens is 3. The van der Waals surface area contributed by atoms with Crippen LogP contribution in [0.5, 0.6) is 0 Å². The first kappa shape index (κ1) is 22.7. The van der Waals surface area contributed by atoms with Crippen LogP contribution in [0, 0.1) is 11.3 Å². The molecule has 0 atom stereocenters. The fraction of sp³-hybridized carbons (Fsp3) is 0. The summed E-state index contributed by atoms with van der Waals surface area (Å²) in [5.74, 6) is 0. The summed E-state index contributed by atoms with van der Waals surface area (Å²) in [5.41, 5.74) is 9.80. The van der Waals surface area contributed by atoms with Crippen molar-refractivity contribution in [2.75, 3.05) is 0 Å². The Labute approximate surface area is 226 Å². The number of hydrogen-bond acceptors (Lipinski definition) is 3. The zero-order chi connectivity index (χ0) is 26.2. The Kier molecular flexibility index (Phi) is 5.46. The van der Waals surface area contributed by atoms with Gasteiger partial charge in [-0.2, -0.15) is 5.26 Å². The normalized spacial score (nSPS) is 11.1. The van der Waals surface area contributed by atoms with Crippen molar-refractivity contribution in [2.45, 2.75) is 0 Å². The van der Waals surface area contributed by atoms with E-state index in [4.69, 9.17) is 4.98 Å². The summed E-state index contributed by atoms with van der Waals surface area (Å²) in [6, 6.07) is 44.2. The average Bonchev–Trinajstić information content (AvgIpc) is 3.35. The van der Waals surface area contributed by atoms with Crippen molar-refractivity contribution in [1.82, 2.24) is 14.5 Å². The van der Waals surface area contributed by atoms with E-state index in [2.05, 4.69) is 101 Å². The van der Waals surface area contributed by atoms with Crippen LogP contribution < -0.4 is 0 Å². The lowest BCUT2D eigenvalue weighted by molar-refractivity contribution is 1.18. The molecule has 0 spiro atoms. The second-order valence-corrected chi connectivity index (χ2v) is 9.48. The number of pyridine rings is 2. The van der Waals surface area contributed by atoms with Crippen LogP contribution in [0.15, 0.2) is 134 Å². The third-order valence-corrected chi connectivity index (χ3v) is 7.10. The summed E-state index contributed by atoms with van der Waals surface area (Å²) in [6.07, 6.45) is 3.31. The lowest BCUT2D eigenvalue weighted by Gasteiger charge is -2.10. The van der Waals surface area contributed by atoms with Crippen LogP contribution in [0.2, 0.25) is 0 Å². The Morgan fingerprint density at radius 1 is 0.538 bits per heavy atom. The smallest absolute Gasteiger partial charge is 0.101 e. The van der Waals surface area contributed by atoms with Crippen molar-refractivity contribution in [1.29, 1.82) is 5.26 Å². The Morgan fingerprint density at radius 2 is 1.18 bits per heavy atom. The lowest BCUT2D eigenvalue weighted by Crippen LogP contribution is -1.94. The van der Waals surface area contributed by atoms with Crippen molar-refractivity contribution in [2.24, 2.45) is 0 Å². The van der Waals surface area contributed by atoms with Gasteiger partial charge in [0.15, 0.2) is 0 Å². The maximum atomic E-state index is 9.29. The molecule has 0 radical (unpaired) electrons. The highest BCUT2D eigenvalue weighted by Gasteiger charge is 2.15. The molecule has 7 rings (SSSR count). The first-order valence-electron chi connectivity index (χ1n) is 12.8. The van der Waals surface area contributed by atoms with Gasteiger partial charge in [-0.15, -0.1) is 0 Å². The first-order valence-corrected chi connectivity index (χ1v) is 12.8. The molecule has 0 aliphatic rings. The molecule has 4 nitrogen and oxygen atoms in total. The molecular weight excluding hydrogens is 476 g/mol. The van der Waals surface area contributed by atoms with Crippen LogP contribution in [0.4, 0.5) is 0 Å². The van der Waals surface area contributed by atoms with E-state index in [0.717, 1.165) is 39.2 Å². The molecule has 39 heavy (non-hydrogen) atoms. The second-order valence-electron chi connectivity index (χ2n) is 9.48. The minimum atomic E-state index is 0.517. The third-order valence-electron chi connectivity index (χ3n) is 7.10. The highest BCUT2D eigenvalue weighted by atomic mass is 15.0. The molecule has 0 amide bonds. The molecule has 7 aromatic rings. The Balaban J connectivity index is 1.43. The number of rotatable bonds is 4. The zero-order valence-electron chi connectivity index (χ0n) is 21.0. The second kappa shape index (κ2) is 9.41. The summed E-state index contributed by atoms with van der Waals surface area (Å²) in [7, 11) is 0. The molecule has 0 bridgehead atoms. The van der Waals surface area contributed by atoms with Crippen LogP contribution in [-0.2, 0) is 0 Å².